The van der Waals surface area contributed by atoms with Crippen LogP contribution in [0.1, 0.15) is 19.8 Å². The smallest absolute Gasteiger partial charge is 0.326 e. The maximum atomic E-state index is 11.3. The van der Waals surface area contributed by atoms with Crippen molar-refractivity contribution in [3.05, 3.63) is 0 Å². The van der Waals surface area contributed by atoms with Crippen LogP contribution in [0.3, 0.4) is 0 Å². The van der Waals surface area contributed by atoms with Gasteiger partial charge in [-0.25, -0.2) is 4.79 Å². The van der Waals surface area contributed by atoms with Gasteiger partial charge in [0.1, 0.15) is 6.04 Å². The fourth-order valence-corrected chi connectivity index (χ4v) is 1.75. The average Bonchev–Trinajstić information content (AvgIpc) is 2.46. The maximum absolute atomic E-state index is 11.3. The summed E-state index contributed by atoms with van der Waals surface area (Å²) in [6.45, 7) is 1.73. The number of likely N-dealkylation sites (tertiary alicyclic amines) is 1. The van der Waals surface area contributed by atoms with Crippen molar-refractivity contribution in [1.29, 1.82) is 0 Å². The number of carbonyl (C=O) groups excluding carboxylic acids is 1. The summed E-state index contributed by atoms with van der Waals surface area (Å²) in [5, 5.41) is 8.81. The molecule has 0 aliphatic carbocycles. The van der Waals surface area contributed by atoms with E-state index in [1.54, 1.807) is 0 Å². The van der Waals surface area contributed by atoms with Crippen LogP contribution in [0, 0.1) is 0 Å². The van der Waals surface area contributed by atoms with Crippen molar-refractivity contribution in [2.45, 2.75) is 31.8 Å². The summed E-state index contributed by atoms with van der Waals surface area (Å²) < 4.78 is 0. The third-order valence-corrected chi connectivity index (χ3v) is 2.42. The summed E-state index contributed by atoms with van der Waals surface area (Å²) in [7, 11) is 0. The van der Waals surface area contributed by atoms with Gasteiger partial charge in [-0.1, -0.05) is 0 Å². The lowest BCUT2D eigenvalue weighted by Crippen LogP contribution is -2.46. The Morgan fingerprint density at radius 3 is 2.62 bits per heavy atom. The number of aliphatic carboxylic acids is 1. The van der Waals surface area contributed by atoms with Gasteiger partial charge in [-0.15, -0.1) is 0 Å². The van der Waals surface area contributed by atoms with Gasteiger partial charge in [0, 0.05) is 6.04 Å². The molecule has 1 fully saturated rings. The molecule has 0 aromatic heterocycles. The Bertz CT molecular complexity index is 229. The molecule has 1 amide bonds. The lowest BCUT2D eigenvalue weighted by Gasteiger charge is -2.25. The van der Waals surface area contributed by atoms with Crippen molar-refractivity contribution >= 4 is 11.9 Å². The van der Waals surface area contributed by atoms with Crippen molar-refractivity contribution in [3.63, 3.8) is 0 Å². The highest BCUT2D eigenvalue weighted by molar-refractivity contribution is 5.85. The highest BCUT2D eigenvalue weighted by Crippen LogP contribution is 2.23. The van der Waals surface area contributed by atoms with Gasteiger partial charge in [-0.3, -0.25) is 4.79 Å². The molecule has 2 unspecified atom stereocenters. The Balaban J connectivity index is 2.76. The third kappa shape index (κ3) is 1.80. The second kappa shape index (κ2) is 3.74. The molecular formula is C8H14N2O3. The minimum Gasteiger partial charge on any atom is -0.480 e. The predicted octanol–water partition coefficient (Wildman–Crippen LogP) is -0.591. The van der Waals surface area contributed by atoms with E-state index in [0.717, 1.165) is 6.42 Å². The molecule has 0 saturated carbocycles. The van der Waals surface area contributed by atoms with Crippen LogP contribution in [0.25, 0.3) is 0 Å². The number of nitrogens with zero attached hydrogens (tertiary/aromatic N) is 1. The Kier molecular flexibility index (Phi) is 2.87. The second-order valence-corrected chi connectivity index (χ2v) is 3.29. The molecule has 5 nitrogen and oxygen atoms in total. The first-order valence-electron chi connectivity index (χ1n) is 4.32. The minimum absolute atomic E-state index is 0.00264. The summed E-state index contributed by atoms with van der Waals surface area (Å²) >= 11 is 0. The topological polar surface area (TPSA) is 83.6 Å². The van der Waals surface area contributed by atoms with Crippen LogP contribution >= 0.6 is 0 Å². The molecule has 0 spiro atoms. The van der Waals surface area contributed by atoms with Crippen molar-refractivity contribution in [3.8, 4) is 0 Å². The van der Waals surface area contributed by atoms with Crippen LogP contribution in [0.5, 0.6) is 0 Å². The van der Waals surface area contributed by atoms with Gasteiger partial charge in [0.25, 0.3) is 0 Å². The number of hydrogen-bond donors (Lipinski definition) is 2. The highest BCUT2D eigenvalue weighted by atomic mass is 16.4. The first kappa shape index (κ1) is 9.98. The van der Waals surface area contributed by atoms with E-state index in [1.807, 2.05) is 6.92 Å². The van der Waals surface area contributed by atoms with Crippen LogP contribution in [-0.2, 0) is 9.59 Å². The first-order chi connectivity index (χ1) is 6.07. The van der Waals surface area contributed by atoms with Crippen molar-refractivity contribution in [2.24, 2.45) is 5.73 Å². The average molecular weight is 186 g/mol. The number of carboxylic acid groups (broad SMARTS) is 1. The summed E-state index contributed by atoms with van der Waals surface area (Å²) in [4.78, 5) is 23.4. The van der Waals surface area contributed by atoms with Crippen molar-refractivity contribution in [1.82, 2.24) is 4.90 Å². The largest absolute Gasteiger partial charge is 0.480 e. The number of carbonyl (C=O) groups is 2. The zero-order valence-electron chi connectivity index (χ0n) is 7.56. The fourth-order valence-electron chi connectivity index (χ4n) is 1.75. The normalized spacial score (nSPS) is 27.7. The molecule has 3 N–H and O–H groups in total. The van der Waals surface area contributed by atoms with E-state index in [-0.39, 0.29) is 18.5 Å². The molecular weight excluding hydrogens is 172 g/mol. The number of hydrogen-bond acceptors (Lipinski definition) is 3. The molecule has 1 heterocycles. The van der Waals surface area contributed by atoms with Crippen LogP contribution in [-0.4, -0.2) is 40.5 Å². The summed E-state index contributed by atoms with van der Waals surface area (Å²) in [6.07, 6.45) is 1.27. The van der Waals surface area contributed by atoms with Crippen LogP contribution in [0.15, 0.2) is 0 Å². The maximum Gasteiger partial charge on any atom is 0.326 e. The minimum atomic E-state index is -0.939. The summed E-state index contributed by atoms with van der Waals surface area (Å²) in [5.74, 6) is -1.22. The standard InChI is InChI=1S/C8H14N2O3/c1-5-2-3-6(8(12)13)10(5)7(11)4-9/h5-6H,2-4,9H2,1H3,(H,12,13). The first-order valence-corrected chi connectivity index (χ1v) is 4.32. The SMILES string of the molecule is CC1CCC(C(=O)O)N1C(=O)CN. The Morgan fingerprint density at radius 1 is 1.54 bits per heavy atom. The van der Waals surface area contributed by atoms with Crippen molar-refractivity contribution in [2.75, 3.05) is 6.54 Å². The summed E-state index contributed by atoms with van der Waals surface area (Å²) in [5.41, 5.74) is 5.19. The molecule has 2 atom stereocenters. The lowest BCUT2D eigenvalue weighted by atomic mass is 10.2. The molecule has 13 heavy (non-hydrogen) atoms. The molecule has 1 saturated heterocycles. The number of nitrogens with two attached hydrogens (primary N) is 1. The van der Waals surface area contributed by atoms with Gasteiger partial charge in [0.2, 0.25) is 5.91 Å². The molecule has 5 heteroatoms. The Hall–Kier alpha value is -1.10. The zero-order chi connectivity index (χ0) is 10.0. The van der Waals surface area contributed by atoms with E-state index in [4.69, 9.17) is 10.8 Å². The van der Waals surface area contributed by atoms with Gasteiger partial charge >= 0.3 is 5.97 Å². The van der Waals surface area contributed by atoms with E-state index in [1.165, 1.54) is 4.90 Å². The third-order valence-electron chi connectivity index (χ3n) is 2.42. The molecule has 1 aliphatic rings. The number of amides is 1. The molecule has 1 rings (SSSR count). The van der Waals surface area contributed by atoms with E-state index in [0.29, 0.717) is 6.42 Å². The zero-order valence-corrected chi connectivity index (χ0v) is 7.56. The van der Waals surface area contributed by atoms with E-state index in [2.05, 4.69) is 0 Å². The Labute approximate surface area is 76.5 Å². The van der Waals surface area contributed by atoms with Gasteiger partial charge in [0.05, 0.1) is 6.54 Å². The summed E-state index contributed by atoms with van der Waals surface area (Å²) in [6, 6.07) is -0.678. The molecule has 0 aromatic carbocycles. The Morgan fingerprint density at radius 2 is 2.15 bits per heavy atom. The van der Waals surface area contributed by atoms with Gasteiger partial charge in [0.15, 0.2) is 0 Å². The molecule has 0 bridgehead atoms. The van der Waals surface area contributed by atoms with E-state index < -0.39 is 12.0 Å². The van der Waals surface area contributed by atoms with Gasteiger partial charge in [-0.05, 0) is 19.8 Å². The molecule has 0 aromatic rings. The highest BCUT2D eigenvalue weighted by Gasteiger charge is 2.37. The molecule has 74 valence electrons. The number of carboxylic acids is 1. The van der Waals surface area contributed by atoms with Gasteiger partial charge in [-0.2, -0.15) is 0 Å². The van der Waals surface area contributed by atoms with Crippen LogP contribution in [0.4, 0.5) is 0 Å². The predicted molar refractivity (Wildman–Crippen MR) is 46.0 cm³/mol. The van der Waals surface area contributed by atoms with E-state index >= 15 is 0 Å². The number of rotatable bonds is 2. The van der Waals surface area contributed by atoms with Crippen LogP contribution in [0.2, 0.25) is 0 Å². The van der Waals surface area contributed by atoms with Gasteiger partial charge < -0.3 is 15.7 Å². The molecule has 0 radical (unpaired) electrons. The fraction of sp³-hybridized carbons (Fsp3) is 0.750. The quantitative estimate of drug-likeness (QED) is 0.603. The second-order valence-electron chi connectivity index (χ2n) is 3.29. The van der Waals surface area contributed by atoms with Crippen molar-refractivity contribution < 1.29 is 14.7 Å². The molecule has 1 aliphatic heterocycles. The lowest BCUT2D eigenvalue weighted by molar-refractivity contribution is -0.148. The monoisotopic (exact) mass is 186 g/mol. The van der Waals surface area contributed by atoms with Crippen LogP contribution < -0.4 is 5.73 Å². The van der Waals surface area contributed by atoms with E-state index in [9.17, 15) is 9.59 Å².